The van der Waals surface area contributed by atoms with E-state index in [1.807, 2.05) is 11.9 Å². The molecule has 0 atom stereocenters. The Morgan fingerprint density at radius 1 is 1.21 bits per heavy atom. The fraction of sp³-hybridized carbons (Fsp3) is 1.00. The maximum Gasteiger partial charge on any atom is 0.0956 e. The molecule has 3 nitrogen and oxygen atoms in total. The lowest BCUT2D eigenvalue weighted by atomic mass is 9.79. The molecular weight excluding hydrogens is 176 g/mol. The second-order valence-corrected chi connectivity index (χ2v) is 5.85. The number of aliphatic hydroxyl groups excluding tert-OH is 1. The Morgan fingerprint density at radius 3 is 2.00 bits per heavy atom. The van der Waals surface area contributed by atoms with Gasteiger partial charge in [-0.3, -0.25) is 4.90 Å². The van der Waals surface area contributed by atoms with Gasteiger partial charge in [0.2, 0.25) is 0 Å². The highest BCUT2D eigenvalue weighted by Crippen LogP contribution is 2.30. The first-order valence-corrected chi connectivity index (χ1v) is 5.36. The quantitative estimate of drug-likeness (QED) is 0.657. The zero-order valence-corrected chi connectivity index (χ0v) is 10.1. The van der Waals surface area contributed by atoms with Crippen LogP contribution in [0.25, 0.3) is 0 Å². The summed E-state index contributed by atoms with van der Waals surface area (Å²) in [5.41, 5.74) is 0.325. The Kier molecular flexibility index (Phi) is 3.24. The van der Waals surface area contributed by atoms with Crippen molar-refractivity contribution in [1.29, 1.82) is 0 Å². The third-order valence-corrected chi connectivity index (χ3v) is 3.02. The average Bonchev–Trinajstić information content (AvgIpc) is 1.97. The topological polar surface area (TPSA) is 35.5 Å². The summed E-state index contributed by atoms with van der Waals surface area (Å²) in [6.45, 7) is 9.06. The number of nitrogens with zero attached hydrogens (tertiary/aromatic N) is 1. The van der Waals surface area contributed by atoms with Crippen LogP contribution in [0.3, 0.4) is 0 Å². The number of hydrogen-bond acceptors (Lipinski definition) is 3. The molecule has 1 fully saturated rings. The minimum absolute atomic E-state index is 0.150. The van der Waals surface area contributed by atoms with Crippen LogP contribution in [0.15, 0.2) is 0 Å². The minimum atomic E-state index is 0.150. The van der Waals surface area contributed by atoms with Gasteiger partial charge in [0.05, 0.1) is 6.73 Å². The minimum Gasteiger partial charge on any atom is -0.381 e. The second-order valence-electron chi connectivity index (χ2n) is 5.85. The van der Waals surface area contributed by atoms with Crippen molar-refractivity contribution in [3.8, 4) is 0 Å². The maximum atomic E-state index is 9.13. The molecule has 1 saturated heterocycles. The molecule has 14 heavy (non-hydrogen) atoms. The summed E-state index contributed by atoms with van der Waals surface area (Å²) in [5, 5.41) is 12.8. The van der Waals surface area contributed by atoms with E-state index < -0.39 is 0 Å². The molecule has 2 N–H and O–H groups in total. The average molecular weight is 200 g/mol. The van der Waals surface area contributed by atoms with Crippen molar-refractivity contribution in [1.82, 2.24) is 10.2 Å². The molecule has 0 amide bonds. The van der Waals surface area contributed by atoms with Crippen LogP contribution >= 0.6 is 0 Å². The van der Waals surface area contributed by atoms with Crippen LogP contribution in [0.2, 0.25) is 0 Å². The molecule has 0 bridgehead atoms. The molecule has 0 aromatic carbocycles. The Balaban J connectivity index is 2.71. The molecule has 1 aliphatic heterocycles. The Morgan fingerprint density at radius 2 is 1.64 bits per heavy atom. The highest BCUT2D eigenvalue weighted by atomic mass is 16.3. The van der Waals surface area contributed by atoms with E-state index in [0.717, 1.165) is 12.8 Å². The number of piperidine rings is 1. The molecule has 0 radical (unpaired) electrons. The third kappa shape index (κ3) is 2.94. The molecular formula is C11H24N2O. The van der Waals surface area contributed by atoms with E-state index in [1.165, 1.54) is 0 Å². The smallest absolute Gasteiger partial charge is 0.0956 e. The number of nitrogens with one attached hydrogen (secondary N) is 1. The zero-order chi connectivity index (χ0) is 11.0. The van der Waals surface area contributed by atoms with Gasteiger partial charge in [0.1, 0.15) is 0 Å². The molecule has 0 saturated carbocycles. The van der Waals surface area contributed by atoms with Gasteiger partial charge in [-0.1, -0.05) is 0 Å². The summed E-state index contributed by atoms with van der Waals surface area (Å²) < 4.78 is 0. The summed E-state index contributed by atoms with van der Waals surface area (Å²) in [6, 6.07) is 0.478. The molecule has 0 aliphatic carbocycles. The van der Waals surface area contributed by atoms with Crippen molar-refractivity contribution >= 4 is 0 Å². The molecule has 0 aromatic heterocycles. The van der Waals surface area contributed by atoms with Crippen molar-refractivity contribution in [3.05, 3.63) is 0 Å². The SMILES string of the molecule is CN(CO)C1CC(C)(C)NC(C)(C)C1. The highest BCUT2D eigenvalue weighted by Gasteiger charge is 2.38. The van der Waals surface area contributed by atoms with Gasteiger partial charge in [0.15, 0.2) is 0 Å². The molecule has 0 aromatic rings. The van der Waals surface area contributed by atoms with Crippen LogP contribution in [0.4, 0.5) is 0 Å². The van der Waals surface area contributed by atoms with E-state index in [9.17, 15) is 0 Å². The summed E-state index contributed by atoms with van der Waals surface area (Å²) in [7, 11) is 1.99. The number of hydrogen-bond donors (Lipinski definition) is 2. The van der Waals surface area contributed by atoms with Crippen molar-refractivity contribution < 1.29 is 5.11 Å². The first-order chi connectivity index (χ1) is 6.26. The fourth-order valence-corrected chi connectivity index (χ4v) is 2.70. The van der Waals surface area contributed by atoms with Gasteiger partial charge in [-0.25, -0.2) is 0 Å². The first kappa shape index (κ1) is 12.0. The number of rotatable bonds is 2. The van der Waals surface area contributed by atoms with Gasteiger partial charge < -0.3 is 10.4 Å². The van der Waals surface area contributed by atoms with Gasteiger partial charge in [-0.05, 0) is 47.6 Å². The van der Waals surface area contributed by atoms with Gasteiger partial charge >= 0.3 is 0 Å². The van der Waals surface area contributed by atoms with Crippen LogP contribution in [-0.4, -0.2) is 40.9 Å². The number of aliphatic hydroxyl groups is 1. The van der Waals surface area contributed by atoms with Crippen molar-refractivity contribution in [2.24, 2.45) is 0 Å². The van der Waals surface area contributed by atoms with E-state index in [-0.39, 0.29) is 17.8 Å². The van der Waals surface area contributed by atoms with Crippen LogP contribution in [0.5, 0.6) is 0 Å². The zero-order valence-electron chi connectivity index (χ0n) is 10.1. The summed E-state index contributed by atoms with van der Waals surface area (Å²) in [5.74, 6) is 0. The first-order valence-electron chi connectivity index (χ1n) is 5.36. The molecule has 84 valence electrons. The standard InChI is InChI=1S/C11H24N2O/c1-10(2)6-9(13(5)8-14)7-11(3,4)12-10/h9,12,14H,6-8H2,1-5H3. The predicted octanol–water partition coefficient (Wildman–Crippen LogP) is 1.18. The van der Waals surface area contributed by atoms with E-state index in [2.05, 4.69) is 33.0 Å². The van der Waals surface area contributed by atoms with Crippen molar-refractivity contribution in [3.63, 3.8) is 0 Å². The van der Waals surface area contributed by atoms with E-state index in [1.54, 1.807) is 0 Å². The van der Waals surface area contributed by atoms with E-state index >= 15 is 0 Å². The Bertz CT molecular complexity index is 185. The van der Waals surface area contributed by atoms with Crippen molar-refractivity contribution in [2.45, 2.75) is 57.7 Å². The van der Waals surface area contributed by atoms with Gasteiger partial charge in [0, 0.05) is 17.1 Å². The summed E-state index contributed by atoms with van der Waals surface area (Å²) >= 11 is 0. The molecule has 0 spiro atoms. The van der Waals surface area contributed by atoms with Crippen LogP contribution in [0.1, 0.15) is 40.5 Å². The predicted molar refractivity (Wildman–Crippen MR) is 59.2 cm³/mol. The monoisotopic (exact) mass is 200 g/mol. The Labute approximate surface area is 87.5 Å². The second kappa shape index (κ2) is 3.80. The van der Waals surface area contributed by atoms with E-state index in [0.29, 0.717) is 6.04 Å². The van der Waals surface area contributed by atoms with Gasteiger partial charge in [0.25, 0.3) is 0 Å². The molecule has 1 heterocycles. The Hall–Kier alpha value is -0.120. The van der Waals surface area contributed by atoms with Crippen LogP contribution in [-0.2, 0) is 0 Å². The van der Waals surface area contributed by atoms with Crippen molar-refractivity contribution in [2.75, 3.05) is 13.8 Å². The normalized spacial score (nSPS) is 26.8. The maximum absolute atomic E-state index is 9.13. The molecule has 3 heteroatoms. The van der Waals surface area contributed by atoms with Gasteiger partial charge in [-0.2, -0.15) is 0 Å². The largest absolute Gasteiger partial charge is 0.381 e. The molecule has 0 unspecified atom stereocenters. The summed E-state index contributed by atoms with van der Waals surface area (Å²) in [6.07, 6.45) is 2.18. The molecule has 1 rings (SSSR count). The fourth-order valence-electron chi connectivity index (χ4n) is 2.70. The lowest BCUT2D eigenvalue weighted by molar-refractivity contribution is 0.0295. The van der Waals surface area contributed by atoms with E-state index in [4.69, 9.17) is 5.11 Å². The van der Waals surface area contributed by atoms with Crippen LogP contribution in [0, 0.1) is 0 Å². The van der Waals surface area contributed by atoms with Crippen LogP contribution < -0.4 is 5.32 Å². The van der Waals surface area contributed by atoms with Gasteiger partial charge in [-0.15, -0.1) is 0 Å². The highest BCUT2D eigenvalue weighted by molar-refractivity contribution is 4.99. The lowest BCUT2D eigenvalue weighted by Gasteiger charge is -2.48. The summed E-state index contributed by atoms with van der Waals surface area (Å²) in [4.78, 5) is 2.03. The molecule has 1 aliphatic rings. The lowest BCUT2D eigenvalue weighted by Crippen LogP contribution is -2.61. The third-order valence-electron chi connectivity index (χ3n) is 3.02.